The van der Waals surface area contributed by atoms with Gasteiger partial charge in [0.2, 0.25) is 0 Å². The molecule has 2 aromatic carbocycles. The molecular formula is C18H15FN4O3. The number of hydrogen-bond donors (Lipinski definition) is 1. The molecule has 0 aliphatic rings. The van der Waals surface area contributed by atoms with Crippen LogP contribution in [0.15, 0.2) is 48.5 Å². The number of benzene rings is 2. The van der Waals surface area contributed by atoms with Crippen molar-refractivity contribution < 1.29 is 14.1 Å². The highest BCUT2D eigenvalue weighted by atomic mass is 19.1. The highest BCUT2D eigenvalue weighted by Crippen LogP contribution is 2.22. The van der Waals surface area contributed by atoms with E-state index in [-0.39, 0.29) is 11.4 Å². The number of hydrogen-bond acceptors (Lipinski definition) is 4. The Morgan fingerprint density at radius 2 is 1.85 bits per heavy atom. The van der Waals surface area contributed by atoms with Gasteiger partial charge in [-0.15, -0.1) is 0 Å². The van der Waals surface area contributed by atoms with E-state index >= 15 is 0 Å². The van der Waals surface area contributed by atoms with Crippen LogP contribution in [0.2, 0.25) is 0 Å². The molecule has 132 valence electrons. The van der Waals surface area contributed by atoms with Crippen molar-refractivity contribution in [1.29, 1.82) is 0 Å². The van der Waals surface area contributed by atoms with Gasteiger partial charge >= 0.3 is 0 Å². The van der Waals surface area contributed by atoms with Gasteiger partial charge in [0.25, 0.3) is 11.6 Å². The number of aromatic nitrogens is 2. The van der Waals surface area contributed by atoms with Gasteiger partial charge in [0, 0.05) is 23.4 Å². The summed E-state index contributed by atoms with van der Waals surface area (Å²) in [5, 5.41) is 17.5. The number of carbonyl (C=O) groups excluding carboxylic acids is 1. The van der Waals surface area contributed by atoms with Crippen molar-refractivity contribution in [3.05, 3.63) is 81.4 Å². The van der Waals surface area contributed by atoms with Crippen LogP contribution < -0.4 is 5.32 Å². The molecule has 8 heteroatoms. The van der Waals surface area contributed by atoms with Gasteiger partial charge in [0.05, 0.1) is 22.0 Å². The molecule has 0 unspecified atom stereocenters. The van der Waals surface area contributed by atoms with Gasteiger partial charge in [-0.25, -0.2) is 9.07 Å². The van der Waals surface area contributed by atoms with Crippen LogP contribution in [-0.4, -0.2) is 20.6 Å². The lowest BCUT2D eigenvalue weighted by Crippen LogP contribution is -2.13. The molecule has 0 atom stereocenters. The molecule has 0 spiro atoms. The topological polar surface area (TPSA) is 90.1 Å². The third kappa shape index (κ3) is 3.44. The standard InChI is InChI=1S/C18H15FN4O3/c1-11-9-12(2)22(21-11)14-5-3-13(4-6-14)18(24)20-17-10-15(23(25)26)7-8-16(17)19/h3-10H,1-2H3,(H,20,24). The molecule has 26 heavy (non-hydrogen) atoms. The van der Waals surface area contributed by atoms with E-state index in [1.807, 2.05) is 19.9 Å². The molecule has 3 aromatic rings. The zero-order valence-electron chi connectivity index (χ0n) is 14.1. The molecule has 1 aromatic heterocycles. The van der Waals surface area contributed by atoms with Crippen LogP contribution in [0.1, 0.15) is 21.7 Å². The van der Waals surface area contributed by atoms with Crippen LogP contribution in [0.4, 0.5) is 15.8 Å². The van der Waals surface area contributed by atoms with Gasteiger partial charge in [0.1, 0.15) is 5.82 Å². The molecule has 1 amide bonds. The maximum atomic E-state index is 13.8. The lowest BCUT2D eigenvalue weighted by Gasteiger charge is -2.08. The lowest BCUT2D eigenvalue weighted by molar-refractivity contribution is -0.384. The molecule has 1 N–H and O–H groups in total. The average molecular weight is 354 g/mol. The van der Waals surface area contributed by atoms with Crippen molar-refractivity contribution in [3.8, 4) is 5.69 Å². The molecule has 0 fully saturated rings. The Kier molecular flexibility index (Phi) is 4.49. The van der Waals surface area contributed by atoms with Crippen LogP contribution in [0.3, 0.4) is 0 Å². The van der Waals surface area contributed by atoms with Crippen LogP contribution in [0.5, 0.6) is 0 Å². The number of amides is 1. The second-order valence-electron chi connectivity index (χ2n) is 5.76. The van der Waals surface area contributed by atoms with Crippen LogP contribution >= 0.6 is 0 Å². The van der Waals surface area contributed by atoms with E-state index in [2.05, 4.69) is 10.4 Å². The summed E-state index contributed by atoms with van der Waals surface area (Å²) in [7, 11) is 0. The minimum Gasteiger partial charge on any atom is -0.319 e. The summed E-state index contributed by atoms with van der Waals surface area (Å²) in [5.74, 6) is -1.31. The first-order chi connectivity index (χ1) is 12.3. The second kappa shape index (κ2) is 6.75. The summed E-state index contributed by atoms with van der Waals surface area (Å²) in [6, 6.07) is 11.5. The number of non-ortho nitro benzene ring substituents is 1. The second-order valence-corrected chi connectivity index (χ2v) is 5.76. The number of rotatable bonds is 4. The third-order valence-corrected chi connectivity index (χ3v) is 3.79. The van der Waals surface area contributed by atoms with E-state index in [1.165, 1.54) is 0 Å². The van der Waals surface area contributed by atoms with Crippen LogP contribution in [0.25, 0.3) is 5.69 Å². The van der Waals surface area contributed by atoms with E-state index in [4.69, 9.17) is 0 Å². The fraction of sp³-hybridized carbons (Fsp3) is 0.111. The maximum Gasteiger partial charge on any atom is 0.271 e. The molecule has 0 bridgehead atoms. The summed E-state index contributed by atoms with van der Waals surface area (Å²) in [6.45, 7) is 3.81. The van der Waals surface area contributed by atoms with Gasteiger partial charge in [-0.3, -0.25) is 14.9 Å². The van der Waals surface area contributed by atoms with Gasteiger partial charge in [0.15, 0.2) is 0 Å². The fourth-order valence-corrected chi connectivity index (χ4v) is 2.56. The molecule has 3 rings (SSSR count). The van der Waals surface area contributed by atoms with Crippen molar-refractivity contribution in [2.24, 2.45) is 0 Å². The number of anilines is 1. The van der Waals surface area contributed by atoms with Crippen molar-refractivity contribution in [2.75, 3.05) is 5.32 Å². The molecule has 0 saturated carbocycles. The first-order valence-electron chi connectivity index (χ1n) is 7.74. The number of halogens is 1. The Bertz CT molecular complexity index is 996. The lowest BCUT2D eigenvalue weighted by atomic mass is 10.2. The van der Waals surface area contributed by atoms with Gasteiger partial charge in [-0.2, -0.15) is 5.10 Å². The zero-order chi connectivity index (χ0) is 18.8. The predicted molar refractivity (Wildman–Crippen MR) is 94.0 cm³/mol. The Hall–Kier alpha value is -3.55. The maximum absolute atomic E-state index is 13.8. The summed E-state index contributed by atoms with van der Waals surface area (Å²) in [4.78, 5) is 22.4. The largest absolute Gasteiger partial charge is 0.319 e. The summed E-state index contributed by atoms with van der Waals surface area (Å²) in [6.07, 6.45) is 0. The minimum absolute atomic E-state index is 0.244. The first-order valence-corrected chi connectivity index (χ1v) is 7.74. The normalized spacial score (nSPS) is 10.6. The third-order valence-electron chi connectivity index (χ3n) is 3.79. The molecule has 7 nitrogen and oxygen atoms in total. The highest BCUT2D eigenvalue weighted by Gasteiger charge is 2.14. The molecule has 0 aliphatic carbocycles. The molecule has 1 heterocycles. The van der Waals surface area contributed by atoms with Crippen molar-refractivity contribution in [3.63, 3.8) is 0 Å². The minimum atomic E-state index is -0.747. The number of aryl methyl sites for hydroxylation is 2. The number of nitro groups is 1. The van der Waals surface area contributed by atoms with E-state index in [0.717, 1.165) is 35.3 Å². The monoisotopic (exact) mass is 354 g/mol. The van der Waals surface area contributed by atoms with Gasteiger partial charge in [-0.05, 0) is 50.2 Å². The van der Waals surface area contributed by atoms with E-state index in [1.54, 1.807) is 28.9 Å². The van der Waals surface area contributed by atoms with E-state index < -0.39 is 16.6 Å². The zero-order valence-corrected chi connectivity index (χ0v) is 14.1. The molecular weight excluding hydrogens is 339 g/mol. The smallest absolute Gasteiger partial charge is 0.271 e. The SMILES string of the molecule is Cc1cc(C)n(-c2ccc(C(=O)Nc3cc([N+](=O)[O-])ccc3F)cc2)n1. The van der Waals surface area contributed by atoms with Crippen molar-refractivity contribution in [2.45, 2.75) is 13.8 Å². The Morgan fingerprint density at radius 3 is 2.42 bits per heavy atom. The molecule has 0 saturated heterocycles. The van der Waals surface area contributed by atoms with Crippen molar-refractivity contribution in [1.82, 2.24) is 9.78 Å². The van der Waals surface area contributed by atoms with Gasteiger partial charge in [-0.1, -0.05) is 0 Å². The first kappa shape index (κ1) is 17.3. The fourth-order valence-electron chi connectivity index (χ4n) is 2.56. The number of nitrogens with zero attached hydrogens (tertiary/aromatic N) is 3. The van der Waals surface area contributed by atoms with Gasteiger partial charge < -0.3 is 5.32 Å². The summed E-state index contributed by atoms with van der Waals surface area (Å²) < 4.78 is 15.5. The number of nitro benzene ring substituents is 1. The predicted octanol–water partition coefficient (Wildman–Crippen LogP) is 3.79. The number of nitrogens with one attached hydrogen (secondary N) is 1. The Balaban J connectivity index is 1.82. The van der Waals surface area contributed by atoms with E-state index in [0.29, 0.717) is 5.56 Å². The Labute approximate surface area is 148 Å². The summed E-state index contributed by atoms with van der Waals surface area (Å²) >= 11 is 0. The quantitative estimate of drug-likeness (QED) is 0.570. The summed E-state index contributed by atoms with van der Waals surface area (Å²) in [5.41, 5.74) is 2.37. The van der Waals surface area contributed by atoms with Crippen LogP contribution in [0, 0.1) is 29.8 Å². The molecule has 0 radical (unpaired) electrons. The van der Waals surface area contributed by atoms with Crippen LogP contribution in [-0.2, 0) is 0 Å². The highest BCUT2D eigenvalue weighted by molar-refractivity contribution is 6.04. The van der Waals surface area contributed by atoms with Crippen molar-refractivity contribution >= 4 is 17.3 Å². The average Bonchev–Trinajstić information content (AvgIpc) is 2.95. The molecule has 0 aliphatic heterocycles. The number of carbonyl (C=O) groups is 1. The van der Waals surface area contributed by atoms with E-state index in [9.17, 15) is 19.3 Å². The Morgan fingerprint density at radius 1 is 1.15 bits per heavy atom.